The highest BCUT2D eigenvalue weighted by atomic mass is 32.2. The Hall–Kier alpha value is -1.57. The lowest BCUT2D eigenvalue weighted by Crippen LogP contribution is -2.11. The number of nitro groups is 1. The summed E-state index contributed by atoms with van der Waals surface area (Å²) in [6.07, 6.45) is 7.55. The maximum atomic E-state index is 11.2. The van der Waals surface area contributed by atoms with Crippen LogP contribution >= 0.6 is 11.8 Å². The van der Waals surface area contributed by atoms with Gasteiger partial charge in [0.2, 0.25) is 11.6 Å². The van der Waals surface area contributed by atoms with Crippen LogP contribution in [-0.4, -0.2) is 40.0 Å². The van der Waals surface area contributed by atoms with E-state index in [1.54, 1.807) is 0 Å². The highest BCUT2D eigenvalue weighted by Crippen LogP contribution is 2.28. The number of hydrogen-bond acceptors (Lipinski definition) is 7. The minimum atomic E-state index is -0.436. The van der Waals surface area contributed by atoms with Gasteiger partial charge >= 0.3 is 5.69 Å². The third-order valence-corrected chi connectivity index (χ3v) is 3.56. The Morgan fingerprint density at radius 3 is 2.43 bits per heavy atom. The summed E-state index contributed by atoms with van der Waals surface area (Å²) in [4.78, 5) is 18.7. The molecule has 8 heteroatoms. The third-order valence-electron chi connectivity index (χ3n) is 2.86. The second-order valence-corrected chi connectivity index (χ2v) is 5.57. The number of rotatable bonds is 11. The van der Waals surface area contributed by atoms with E-state index in [0.29, 0.717) is 18.9 Å². The summed E-state index contributed by atoms with van der Waals surface area (Å²) in [5.41, 5.74) is -0.0740. The molecule has 0 aliphatic heterocycles. The summed E-state index contributed by atoms with van der Waals surface area (Å²) in [5, 5.41) is 17.2. The molecule has 0 spiro atoms. The van der Waals surface area contributed by atoms with Crippen LogP contribution in [0.25, 0.3) is 0 Å². The van der Waals surface area contributed by atoms with E-state index in [1.807, 2.05) is 18.7 Å². The minimum Gasteiger partial charge on any atom is -0.364 e. The smallest absolute Gasteiger partial charge is 0.353 e. The zero-order valence-electron chi connectivity index (χ0n) is 12.6. The maximum absolute atomic E-state index is 11.2. The van der Waals surface area contributed by atoms with E-state index in [1.165, 1.54) is 6.33 Å². The largest absolute Gasteiger partial charge is 0.364 e. The Balaban J connectivity index is 2.61. The standard InChI is InChI=1S/C13H23N5O2S/c1-3-7-14-12-11(18(19)20)13(17-10-16-12)15-8-5-4-6-9-21-2/h10H,3-9H2,1-2H3,(H2,14,15,16,17). The predicted octanol–water partition coefficient (Wildman–Crippen LogP) is 3.15. The fourth-order valence-electron chi connectivity index (χ4n) is 1.81. The molecule has 0 saturated carbocycles. The predicted molar refractivity (Wildman–Crippen MR) is 88.2 cm³/mol. The van der Waals surface area contributed by atoms with E-state index in [4.69, 9.17) is 0 Å². The summed E-state index contributed by atoms with van der Waals surface area (Å²) < 4.78 is 0. The quantitative estimate of drug-likeness (QED) is 0.368. The number of unbranched alkanes of at least 4 members (excludes halogenated alkanes) is 2. The van der Waals surface area contributed by atoms with Gasteiger partial charge in [0, 0.05) is 13.1 Å². The molecule has 0 unspecified atom stereocenters. The van der Waals surface area contributed by atoms with Gasteiger partial charge in [0.25, 0.3) is 0 Å². The molecule has 7 nitrogen and oxygen atoms in total. The molecule has 0 aromatic carbocycles. The molecule has 0 bridgehead atoms. The van der Waals surface area contributed by atoms with Crippen LogP contribution in [0.15, 0.2) is 6.33 Å². The van der Waals surface area contributed by atoms with Gasteiger partial charge in [-0.15, -0.1) is 0 Å². The number of nitrogens with one attached hydrogen (secondary N) is 2. The Labute approximate surface area is 129 Å². The first kappa shape index (κ1) is 17.5. The molecular weight excluding hydrogens is 290 g/mol. The molecule has 1 aromatic rings. The molecule has 0 atom stereocenters. The molecule has 21 heavy (non-hydrogen) atoms. The SMILES string of the molecule is CCCNc1ncnc(NCCCCCSC)c1[N+](=O)[O-]. The van der Waals surface area contributed by atoms with Crippen molar-refractivity contribution in [3.05, 3.63) is 16.4 Å². The van der Waals surface area contributed by atoms with Crippen LogP contribution in [-0.2, 0) is 0 Å². The van der Waals surface area contributed by atoms with E-state index in [2.05, 4.69) is 26.9 Å². The van der Waals surface area contributed by atoms with E-state index < -0.39 is 4.92 Å². The highest BCUT2D eigenvalue weighted by molar-refractivity contribution is 7.98. The number of thioether (sulfide) groups is 1. The molecule has 1 rings (SSSR count). The zero-order chi connectivity index (χ0) is 15.5. The van der Waals surface area contributed by atoms with Gasteiger partial charge in [0.05, 0.1) is 4.92 Å². The van der Waals surface area contributed by atoms with Crippen molar-refractivity contribution < 1.29 is 4.92 Å². The number of hydrogen-bond donors (Lipinski definition) is 2. The average molecular weight is 313 g/mol. The van der Waals surface area contributed by atoms with Crippen LogP contribution in [0.3, 0.4) is 0 Å². The Morgan fingerprint density at radius 1 is 1.19 bits per heavy atom. The van der Waals surface area contributed by atoms with Crippen molar-refractivity contribution in [2.75, 3.05) is 35.7 Å². The monoisotopic (exact) mass is 313 g/mol. The fourth-order valence-corrected chi connectivity index (χ4v) is 2.30. The molecule has 0 aliphatic carbocycles. The van der Waals surface area contributed by atoms with Crippen molar-refractivity contribution in [3.8, 4) is 0 Å². The second kappa shape index (κ2) is 10.2. The Bertz CT molecular complexity index is 445. The lowest BCUT2D eigenvalue weighted by Gasteiger charge is -2.09. The summed E-state index contributed by atoms with van der Waals surface area (Å²) >= 11 is 1.83. The zero-order valence-corrected chi connectivity index (χ0v) is 13.4. The van der Waals surface area contributed by atoms with Gasteiger partial charge in [-0.3, -0.25) is 10.1 Å². The van der Waals surface area contributed by atoms with Crippen molar-refractivity contribution in [2.45, 2.75) is 32.6 Å². The van der Waals surface area contributed by atoms with Crippen molar-refractivity contribution >= 4 is 29.1 Å². The van der Waals surface area contributed by atoms with Gasteiger partial charge in [0.15, 0.2) is 0 Å². The Kier molecular flexibility index (Phi) is 8.49. The van der Waals surface area contributed by atoms with Gasteiger partial charge in [0.1, 0.15) is 6.33 Å². The summed E-state index contributed by atoms with van der Waals surface area (Å²) in [6.45, 7) is 3.32. The van der Waals surface area contributed by atoms with E-state index in [-0.39, 0.29) is 11.5 Å². The summed E-state index contributed by atoms with van der Waals surface area (Å²) in [5.74, 6) is 1.72. The van der Waals surface area contributed by atoms with Gasteiger partial charge in [-0.25, -0.2) is 9.97 Å². The number of aromatic nitrogens is 2. The van der Waals surface area contributed by atoms with Crippen LogP contribution in [0.4, 0.5) is 17.3 Å². The number of anilines is 2. The molecule has 0 aliphatic rings. The molecule has 0 radical (unpaired) electrons. The minimum absolute atomic E-state index is 0.0740. The summed E-state index contributed by atoms with van der Waals surface area (Å²) in [6, 6.07) is 0. The van der Waals surface area contributed by atoms with Crippen molar-refractivity contribution in [2.24, 2.45) is 0 Å². The van der Waals surface area contributed by atoms with E-state index >= 15 is 0 Å². The average Bonchev–Trinajstić information content (AvgIpc) is 2.48. The molecule has 2 N–H and O–H groups in total. The molecule has 1 heterocycles. The lowest BCUT2D eigenvalue weighted by atomic mass is 10.2. The van der Waals surface area contributed by atoms with Crippen molar-refractivity contribution in [1.29, 1.82) is 0 Å². The Morgan fingerprint density at radius 2 is 1.86 bits per heavy atom. The first-order valence-corrected chi connectivity index (χ1v) is 8.56. The number of nitrogens with zero attached hydrogens (tertiary/aromatic N) is 3. The van der Waals surface area contributed by atoms with Crippen molar-refractivity contribution in [1.82, 2.24) is 9.97 Å². The lowest BCUT2D eigenvalue weighted by molar-refractivity contribution is -0.383. The van der Waals surface area contributed by atoms with Gasteiger partial charge < -0.3 is 10.6 Å². The first-order chi connectivity index (χ1) is 10.2. The van der Waals surface area contributed by atoms with Crippen LogP contribution in [0.5, 0.6) is 0 Å². The van der Waals surface area contributed by atoms with Crippen LogP contribution in [0, 0.1) is 10.1 Å². The molecule has 118 valence electrons. The van der Waals surface area contributed by atoms with Gasteiger partial charge in [-0.05, 0) is 31.3 Å². The highest BCUT2D eigenvalue weighted by Gasteiger charge is 2.22. The maximum Gasteiger partial charge on any atom is 0.353 e. The topological polar surface area (TPSA) is 93.0 Å². The third kappa shape index (κ3) is 6.16. The molecule has 0 amide bonds. The van der Waals surface area contributed by atoms with Crippen LogP contribution < -0.4 is 10.6 Å². The van der Waals surface area contributed by atoms with Crippen LogP contribution in [0.1, 0.15) is 32.6 Å². The van der Waals surface area contributed by atoms with Crippen molar-refractivity contribution in [3.63, 3.8) is 0 Å². The summed E-state index contributed by atoms with van der Waals surface area (Å²) in [7, 11) is 0. The second-order valence-electron chi connectivity index (χ2n) is 4.58. The van der Waals surface area contributed by atoms with E-state index in [9.17, 15) is 10.1 Å². The molecular formula is C13H23N5O2S. The molecule has 0 saturated heterocycles. The molecule has 1 aromatic heterocycles. The van der Waals surface area contributed by atoms with Crippen LogP contribution in [0.2, 0.25) is 0 Å². The van der Waals surface area contributed by atoms with Gasteiger partial charge in [-0.2, -0.15) is 11.8 Å². The molecule has 0 fully saturated rings. The fraction of sp³-hybridized carbons (Fsp3) is 0.692. The normalized spacial score (nSPS) is 10.4. The first-order valence-electron chi connectivity index (χ1n) is 7.16. The van der Waals surface area contributed by atoms with Gasteiger partial charge in [-0.1, -0.05) is 13.3 Å². The van der Waals surface area contributed by atoms with E-state index in [0.717, 1.165) is 31.4 Å².